The minimum absolute atomic E-state index is 0.234. The van der Waals surface area contributed by atoms with Crippen LogP contribution in [0.2, 0.25) is 5.02 Å². The van der Waals surface area contributed by atoms with Crippen molar-refractivity contribution in [2.45, 2.75) is 32.2 Å². The fourth-order valence-electron chi connectivity index (χ4n) is 2.16. The summed E-state index contributed by atoms with van der Waals surface area (Å²) in [4.78, 5) is 0. The Morgan fingerprint density at radius 1 is 1.54 bits per heavy atom. The minimum atomic E-state index is 0.234. The lowest BCUT2D eigenvalue weighted by atomic mass is 10.0. The van der Waals surface area contributed by atoms with Crippen molar-refractivity contribution in [2.75, 3.05) is 0 Å². The number of hydrogen-bond acceptors (Lipinski definition) is 1. The van der Waals surface area contributed by atoms with E-state index in [2.05, 4.69) is 13.0 Å². The van der Waals surface area contributed by atoms with Gasteiger partial charge in [-0.1, -0.05) is 24.6 Å². The zero-order valence-corrected chi connectivity index (χ0v) is 8.56. The Bertz CT molecular complexity index is 333. The molecule has 13 heavy (non-hydrogen) atoms. The van der Waals surface area contributed by atoms with Gasteiger partial charge in [-0.15, -0.1) is 0 Å². The van der Waals surface area contributed by atoms with Crippen LogP contribution < -0.4 is 5.73 Å². The molecule has 2 rings (SSSR count). The molecule has 1 nitrogen and oxygen atoms in total. The van der Waals surface area contributed by atoms with Crippen molar-refractivity contribution in [3.63, 3.8) is 0 Å². The van der Waals surface area contributed by atoms with Crippen molar-refractivity contribution in [3.8, 4) is 0 Å². The topological polar surface area (TPSA) is 26.0 Å². The van der Waals surface area contributed by atoms with Gasteiger partial charge in [-0.05, 0) is 42.0 Å². The maximum Gasteiger partial charge on any atom is 0.0440 e. The molecule has 0 spiro atoms. The highest BCUT2D eigenvalue weighted by Gasteiger charge is 2.21. The fourth-order valence-corrected chi connectivity index (χ4v) is 2.47. The van der Waals surface area contributed by atoms with E-state index in [0.717, 1.165) is 24.3 Å². The van der Waals surface area contributed by atoms with E-state index in [0.29, 0.717) is 0 Å². The van der Waals surface area contributed by atoms with E-state index in [9.17, 15) is 0 Å². The molecule has 2 heteroatoms. The molecule has 1 aromatic rings. The maximum absolute atomic E-state index is 6.11. The molecule has 0 radical (unpaired) electrons. The van der Waals surface area contributed by atoms with E-state index < -0.39 is 0 Å². The number of rotatable bonds is 1. The van der Waals surface area contributed by atoms with Crippen LogP contribution in [0.15, 0.2) is 12.1 Å². The Hall–Kier alpha value is -0.530. The Labute approximate surface area is 83.9 Å². The fraction of sp³-hybridized carbons (Fsp3) is 0.455. The highest BCUT2D eigenvalue weighted by molar-refractivity contribution is 6.31. The van der Waals surface area contributed by atoms with Gasteiger partial charge in [0.1, 0.15) is 0 Å². The molecule has 0 fully saturated rings. The molecule has 0 unspecified atom stereocenters. The average molecular weight is 196 g/mol. The van der Waals surface area contributed by atoms with Crippen LogP contribution in [0.3, 0.4) is 0 Å². The van der Waals surface area contributed by atoms with Crippen molar-refractivity contribution in [1.29, 1.82) is 0 Å². The van der Waals surface area contributed by atoms with E-state index in [1.165, 1.54) is 16.7 Å². The molecule has 0 saturated heterocycles. The van der Waals surface area contributed by atoms with Crippen LogP contribution in [0, 0.1) is 0 Å². The molecule has 0 amide bonds. The Kier molecular flexibility index (Phi) is 2.31. The number of halogens is 1. The van der Waals surface area contributed by atoms with Gasteiger partial charge in [-0.3, -0.25) is 0 Å². The Balaban J connectivity index is 2.57. The van der Waals surface area contributed by atoms with Crippen molar-refractivity contribution in [3.05, 3.63) is 33.8 Å². The van der Waals surface area contributed by atoms with E-state index in [1.807, 2.05) is 6.07 Å². The van der Waals surface area contributed by atoms with Crippen molar-refractivity contribution in [2.24, 2.45) is 5.73 Å². The van der Waals surface area contributed by atoms with Gasteiger partial charge in [0.05, 0.1) is 0 Å². The first kappa shape index (κ1) is 9.04. The molecule has 2 N–H and O–H groups in total. The molecule has 1 atom stereocenters. The van der Waals surface area contributed by atoms with Crippen LogP contribution in [-0.2, 0) is 12.8 Å². The highest BCUT2D eigenvalue weighted by atomic mass is 35.5. The summed E-state index contributed by atoms with van der Waals surface area (Å²) in [6, 6.07) is 4.29. The van der Waals surface area contributed by atoms with Crippen LogP contribution in [0.4, 0.5) is 0 Å². The van der Waals surface area contributed by atoms with Gasteiger partial charge < -0.3 is 5.73 Å². The number of fused-ring (bicyclic) bond motifs is 1. The van der Waals surface area contributed by atoms with Gasteiger partial charge in [0, 0.05) is 11.1 Å². The largest absolute Gasteiger partial charge is 0.324 e. The number of hydrogen-bond donors (Lipinski definition) is 1. The van der Waals surface area contributed by atoms with Gasteiger partial charge in [0.25, 0.3) is 0 Å². The quantitative estimate of drug-likeness (QED) is 0.733. The first-order valence-corrected chi connectivity index (χ1v) is 5.17. The second-order valence-corrected chi connectivity index (χ2v) is 4.00. The van der Waals surface area contributed by atoms with Gasteiger partial charge in [0.2, 0.25) is 0 Å². The summed E-state index contributed by atoms with van der Waals surface area (Å²) in [7, 11) is 0. The molecule has 1 aliphatic carbocycles. The smallest absolute Gasteiger partial charge is 0.0440 e. The van der Waals surface area contributed by atoms with Crippen LogP contribution in [0.5, 0.6) is 0 Å². The van der Waals surface area contributed by atoms with Gasteiger partial charge >= 0.3 is 0 Å². The predicted octanol–water partition coefficient (Wildman–Crippen LogP) is 2.85. The lowest BCUT2D eigenvalue weighted by Crippen LogP contribution is -2.05. The van der Waals surface area contributed by atoms with Gasteiger partial charge in [-0.2, -0.15) is 0 Å². The summed E-state index contributed by atoms with van der Waals surface area (Å²) in [5.41, 5.74) is 9.99. The number of benzene rings is 1. The zero-order valence-electron chi connectivity index (χ0n) is 7.81. The van der Waals surface area contributed by atoms with Crippen LogP contribution in [-0.4, -0.2) is 0 Å². The summed E-state index contributed by atoms with van der Waals surface area (Å²) < 4.78 is 0. The summed E-state index contributed by atoms with van der Waals surface area (Å²) in [6.07, 6.45) is 3.18. The standard InChI is InChI=1S/C11H14ClN/c1-2-7-8-4-6-11(13)9(8)3-5-10(7)12/h3,5,11H,2,4,6,13H2,1H3/t11-/m1/s1. The molecule has 0 heterocycles. The minimum Gasteiger partial charge on any atom is -0.324 e. The molecule has 0 saturated carbocycles. The second kappa shape index (κ2) is 3.32. The highest BCUT2D eigenvalue weighted by Crippen LogP contribution is 2.35. The van der Waals surface area contributed by atoms with E-state index >= 15 is 0 Å². The predicted molar refractivity (Wildman–Crippen MR) is 56.1 cm³/mol. The molecule has 0 bridgehead atoms. The molecular formula is C11H14ClN. The van der Waals surface area contributed by atoms with Gasteiger partial charge in [-0.25, -0.2) is 0 Å². The zero-order chi connectivity index (χ0) is 9.42. The van der Waals surface area contributed by atoms with Crippen molar-refractivity contribution < 1.29 is 0 Å². The molecule has 1 aromatic carbocycles. The molecule has 0 aliphatic heterocycles. The Morgan fingerprint density at radius 3 is 3.00 bits per heavy atom. The van der Waals surface area contributed by atoms with Gasteiger partial charge in [0.15, 0.2) is 0 Å². The SMILES string of the molecule is CCc1c(Cl)ccc2c1CC[C@H]2N. The van der Waals surface area contributed by atoms with Crippen LogP contribution in [0.1, 0.15) is 36.1 Å². The third kappa shape index (κ3) is 1.36. The summed E-state index contributed by atoms with van der Waals surface area (Å²) in [6.45, 7) is 2.14. The molecule has 1 aliphatic rings. The summed E-state index contributed by atoms with van der Waals surface area (Å²) >= 11 is 6.11. The molecule has 70 valence electrons. The first-order valence-electron chi connectivity index (χ1n) is 4.79. The van der Waals surface area contributed by atoms with Crippen LogP contribution in [0.25, 0.3) is 0 Å². The number of nitrogens with two attached hydrogens (primary N) is 1. The third-order valence-corrected chi connectivity index (χ3v) is 3.22. The monoisotopic (exact) mass is 195 g/mol. The lowest BCUT2D eigenvalue weighted by Gasteiger charge is -2.09. The summed E-state index contributed by atoms with van der Waals surface area (Å²) in [5, 5.41) is 0.898. The average Bonchev–Trinajstić information content (AvgIpc) is 2.48. The second-order valence-electron chi connectivity index (χ2n) is 3.59. The van der Waals surface area contributed by atoms with E-state index in [4.69, 9.17) is 17.3 Å². The molecule has 0 aromatic heterocycles. The van der Waals surface area contributed by atoms with Crippen molar-refractivity contribution >= 4 is 11.6 Å². The normalized spacial score (nSPS) is 20.4. The van der Waals surface area contributed by atoms with E-state index in [-0.39, 0.29) is 6.04 Å². The van der Waals surface area contributed by atoms with Crippen LogP contribution >= 0.6 is 11.6 Å². The van der Waals surface area contributed by atoms with E-state index in [1.54, 1.807) is 0 Å². The maximum atomic E-state index is 6.11. The lowest BCUT2D eigenvalue weighted by molar-refractivity contribution is 0.713. The van der Waals surface area contributed by atoms with Crippen molar-refractivity contribution in [1.82, 2.24) is 0 Å². The first-order chi connectivity index (χ1) is 6.24. The Morgan fingerprint density at radius 2 is 2.31 bits per heavy atom. The summed E-state index contributed by atoms with van der Waals surface area (Å²) in [5.74, 6) is 0. The third-order valence-electron chi connectivity index (χ3n) is 2.87. The molecular weight excluding hydrogens is 182 g/mol.